The molecule has 0 radical (unpaired) electrons. The third-order valence-corrected chi connectivity index (χ3v) is 10.6. The number of nitrogens with one attached hydrogen (secondary N) is 5. The number of amidine groups is 1. The van der Waals surface area contributed by atoms with Crippen LogP contribution in [0.1, 0.15) is 43.4 Å². The molecule has 5 aromatic rings. The van der Waals surface area contributed by atoms with Gasteiger partial charge in [-0.15, -0.1) is 5.10 Å². The van der Waals surface area contributed by atoms with Gasteiger partial charge in [-0.2, -0.15) is 26.3 Å². The SMILES string of the molecule is C[C@@H](OCc1cc(F)cc(-c2cc(NC(=O)[C@H]3CNC(=O)C3)nn2-c2ccc(F)cc2)c1)C(F)(F)F.C[C@@H](OCc1cc(F)cc(/C(=C/C(=N)N)Nc2ccc(F)cc2)c1)C(F)(F)F.O=C1C[C@@H](C(=O)O)CN1. The molecule has 15 nitrogen and oxygen atoms in total. The molecule has 1 aromatic heterocycles. The van der Waals surface area contributed by atoms with Crippen LogP contribution < -0.4 is 27.0 Å². The molecule has 25 heteroatoms. The lowest BCUT2D eigenvalue weighted by molar-refractivity contribution is -0.217. The number of ether oxygens (including phenoxy) is 2. The lowest BCUT2D eigenvalue weighted by Gasteiger charge is -2.17. The summed E-state index contributed by atoms with van der Waals surface area (Å²) in [5, 5.41) is 30.6. The van der Waals surface area contributed by atoms with Crippen LogP contribution in [0.15, 0.2) is 97.1 Å². The van der Waals surface area contributed by atoms with Crippen molar-refractivity contribution in [1.82, 2.24) is 20.4 Å². The van der Waals surface area contributed by atoms with Crippen molar-refractivity contribution in [2.75, 3.05) is 23.7 Å². The van der Waals surface area contributed by atoms with Crippen LogP contribution >= 0.6 is 0 Å². The van der Waals surface area contributed by atoms with E-state index in [9.17, 15) is 63.1 Å². The van der Waals surface area contributed by atoms with Crippen LogP contribution in [0.25, 0.3) is 22.6 Å². The van der Waals surface area contributed by atoms with Gasteiger partial charge in [-0.1, -0.05) is 0 Å². The van der Waals surface area contributed by atoms with Gasteiger partial charge in [0.15, 0.2) is 18.0 Å². The predicted molar refractivity (Wildman–Crippen MR) is 244 cm³/mol. The number of carbonyl (C=O) groups excluding carboxylic acids is 3. The number of benzene rings is 4. The summed E-state index contributed by atoms with van der Waals surface area (Å²) >= 11 is 0. The standard InChI is InChI=1S/C24H21F5N4O3.C19H18F5N3O.C5H7NO3/c1-13(24(27,28)29)36-12-14-6-15(8-18(26)7-14)20-10-21(31-23(35)16-9-22(34)30-11-16)32-33(20)19-4-2-17(25)3-5-19;1-11(19(22,23)24)28-10-12-6-13(8-15(21)7-12)17(9-18(25)26)27-16-4-2-14(20)3-5-16;7-4-1-3(2-6-4)5(8)9/h2-8,10,13,16H,9,11-12H2,1H3,(H,30,34)(H,31,32,35);2-9,11,27H,10H2,1H3,(H3,25,26);3H,1-2H2,(H,6,7)(H,8,9)/b;17-9-;/t13-,16-;11-;3-/m111/s1. The number of halogens is 10. The average Bonchev–Trinajstić information content (AvgIpc) is 4.07. The number of nitrogens with two attached hydrogens (primary N) is 1. The van der Waals surface area contributed by atoms with Crippen LogP contribution in [0.3, 0.4) is 0 Å². The summed E-state index contributed by atoms with van der Waals surface area (Å²) in [6, 6.07) is 19.2. The van der Waals surface area contributed by atoms with Crippen molar-refractivity contribution in [1.29, 1.82) is 5.41 Å². The molecule has 2 aliphatic heterocycles. The number of amides is 3. The Kier molecular flexibility index (Phi) is 18.9. The van der Waals surface area contributed by atoms with Crippen LogP contribution in [0.5, 0.6) is 0 Å². The molecule has 0 saturated carbocycles. The largest absolute Gasteiger partial charge is 0.481 e. The molecule has 3 amide bonds. The number of aromatic nitrogens is 2. The van der Waals surface area contributed by atoms with Crippen LogP contribution in [0.4, 0.5) is 55.4 Å². The van der Waals surface area contributed by atoms with E-state index in [4.69, 9.17) is 25.7 Å². The molecule has 0 bridgehead atoms. The van der Waals surface area contributed by atoms with E-state index in [1.54, 1.807) is 0 Å². The number of alkyl halides is 6. The van der Waals surface area contributed by atoms with Crippen LogP contribution in [0.2, 0.25) is 0 Å². The van der Waals surface area contributed by atoms with Gasteiger partial charge in [0.1, 0.15) is 29.1 Å². The molecule has 2 aliphatic rings. The Bertz CT molecular complexity index is 2800. The maximum Gasteiger partial charge on any atom is 0.414 e. The molecular formula is C48H46F10N8O7. The number of hydrogen-bond donors (Lipinski definition) is 7. The topological polar surface area (TPSA) is 223 Å². The summed E-state index contributed by atoms with van der Waals surface area (Å²) in [4.78, 5) is 44.5. The zero-order valence-electron chi connectivity index (χ0n) is 38.4. The number of aliphatic carboxylic acids is 1. The van der Waals surface area contributed by atoms with E-state index in [0.717, 1.165) is 38.1 Å². The first-order valence-corrected chi connectivity index (χ1v) is 21.7. The van der Waals surface area contributed by atoms with Gasteiger partial charge in [0.2, 0.25) is 17.7 Å². The first-order chi connectivity index (χ1) is 34.2. The highest BCUT2D eigenvalue weighted by Crippen LogP contribution is 2.31. The maximum absolute atomic E-state index is 14.5. The van der Waals surface area contributed by atoms with Crippen LogP contribution in [-0.4, -0.2) is 82.1 Å². The molecule has 4 atom stereocenters. The highest BCUT2D eigenvalue weighted by atomic mass is 19.4. The minimum atomic E-state index is -4.57. The summed E-state index contributed by atoms with van der Waals surface area (Å²) in [5.41, 5.74) is 7.51. The molecule has 0 unspecified atom stereocenters. The molecular weight excluding hydrogens is 991 g/mol. The zero-order valence-corrected chi connectivity index (χ0v) is 38.4. The van der Waals surface area contributed by atoms with E-state index in [1.807, 2.05) is 0 Å². The molecule has 73 heavy (non-hydrogen) atoms. The number of nitrogens with zero attached hydrogens (tertiary/aromatic N) is 2. The van der Waals surface area contributed by atoms with Crippen molar-refractivity contribution in [2.24, 2.45) is 17.6 Å². The van der Waals surface area contributed by atoms with Crippen molar-refractivity contribution >= 4 is 46.7 Å². The highest BCUT2D eigenvalue weighted by Gasteiger charge is 2.38. The monoisotopic (exact) mass is 1040 g/mol. The Morgan fingerprint density at radius 1 is 0.753 bits per heavy atom. The third-order valence-electron chi connectivity index (χ3n) is 10.6. The lowest BCUT2D eigenvalue weighted by atomic mass is 10.1. The van der Waals surface area contributed by atoms with E-state index in [0.29, 0.717) is 11.4 Å². The number of carboxylic acids is 1. The second-order valence-corrected chi connectivity index (χ2v) is 16.4. The quantitative estimate of drug-likeness (QED) is 0.0301. The fourth-order valence-electron chi connectivity index (χ4n) is 6.66. The number of rotatable bonds is 15. The zero-order chi connectivity index (χ0) is 53.8. The smallest absolute Gasteiger partial charge is 0.414 e. The van der Waals surface area contributed by atoms with Crippen molar-refractivity contribution in [3.63, 3.8) is 0 Å². The molecule has 7 rings (SSSR count). The summed E-state index contributed by atoms with van der Waals surface area (Å²) in [6.45, 7) is 1.22. The summed E-state index contributed by atoms with van der Waals surface area (Å²) in [6.07, 6.45) is -11.8. The summed E-state index contributed by atoms with van der Waals surface area (Å²) < 4.78 is 142. The van der Waals surface area contributed by atoms with Gasteiger partial charge < -0.3 is 41.6 Å². The maximum atomic E-state index is 14.5. The summed E-state index contributed by atoms with van der Waals surface area (Å²) in [5.74, 6) is -5.47. The van der Waals surface area contributed by atoms with Gasteiger partial charge >= 0.3 is 18.3 Å². The number of carbonyl (C=O) groups is 4. The predicted octanol–water partition coefficient (Wildman–Crippen LogP) is 8.39. The number of hydrogen-bond acceptors (Lipinski definition) is 9. The summed E-state index contributed by atoms with van der Waals surface area (Å²) in [7, 11) is 0. The average molecular weight is 1040 g/mol. The molecule has 0 aliphatic carbocycles. The lowest BCUT2D eigenvalue weighted by Crippen LogP contribution is -2.28. The van der Waals surface area contributed by atoms with Crippen LogP contribution in [-0.2, 0) is 41.9 Å². The third kappa shape index (κ3) is 17.2. The fraction of sp³-hybridized carbons (Fsp3) is 0.292. The minimum Gasteiger partial charge on any atom is -0.481 e. The van der Waals surface area contributed by atoms with E-state index in [1.165, 1.54) is 77.5 Å². The highest BCUT2D eigenvalue weighted by molar-refractivity contribution is 5.98. The Hall–Kier alpha value is -7.80. The first kappa shape index (κ1) is 56.1. The molecule has 390 valence electrons. The van der Waals surface area contributed by atoms with Gasteiger partial charge in [-0.05, 0) is 110 Å². The minimum absolute atomic E-state index is 0.0287. The van der Waals surface area contributed by atoms with Gasteiger partial charge in [0, 0.05) is 60.6 Å². The van der Waals surface area contributed by atoms with Crippen molar-refractivity contribution in [2.45, 2.75) is 64.5 Å². The first-order valence-electron chi connectivity index (χ1n) is 21.7. The van der Waals surface area contributed by atoms with E-state index in [2.05, 4.69) is 26.4 Å². The second kappa shape index (κ2) is 24.6. The Morgan fingerprint density at radius 3 is 1.74 bits per heavy atom. The number of anilines is 2. The Morgan fingerprint density at radius 2 is 1.26 bits per heavy atom. The van der Waals surface area contributed by atoms with E-state index in [-0.39, 0.29) is 83.0 Å². The van der Waals surface area contributed by atoms with Crippen molar-refractivity contribution in [3.8, 4) is 16.9 Å². The molecule has 4 aromatic carbocycles. The molecule has 0 spiro atoms. The normalized spacial score (nSPS) is 16.5. The molecule has 8 N–H and O–H groups in total. The van der Waals surface area contributed by atoms with Crippen molar-refractivity contribution < 1.29 is 77.7 Å². The van der Waals surface area contributed by atoms with Gasteiger partial charge in [0.25, 0.3) is 0 Å². The van der Waals surface area contributed by atoms with Gasteiger partial charge in [-0.25, -0.2) is 22.2 Å². The fourth-order valence-corrected chi connectivity index (χ4v) is 6.66. The van der Waals surface area contributed by atoms with Crippen molar-refractivity contribution in [3.05, 3.63) is 137 Å². The second-order valence-electron chi connectivity index (χ2n) is 16.4. The van der Waals surface area contributed by atoms with E-state index >= 15 is 0 Å². The Labute approximate surface area is 409 Å². The molecule has 2 fully saturated rings. The molecule has 2 saturated heterocycles. The van der Waals surface area contributed by atoms with Gasteiger partial charge in [0.05, 0.1) is 36.4 Å². The molecule has 3 heterocycles. The van der Waals surface area contributed by atoms with Crippen LogP contribution in [0, 0.1) is 40.5 Å². The van der Waals surface area contributed by atoms with Gasteiger partial charge in [-0.3, -0.25) is 24.6 Å². The number of carboxylic acid groups (broad SMARTS) is 1. The Balaban J connectivity index is 0.000000236. The van der Waals surface area contributed by atoms with E-state index < -0.39 is 84.8 Å².